The molecular weight excluding hydrogens is 229 g/mol. The van der Waals surface area contributed by atoms with Crippen LogP contribution in [0.1, 0.15) is 6.42 Å². The van der Waals surface area contributed by atoms with Gasteiger partial charge in [0.25, 0.3) is 5.91 Å². The van der Waals surface area contributed by atoms with E-state index in [0.717, 1.165) is 0 Å². The van der Waals surface area contributed by atoms with Gasteiger partial charge in [0.2, 0.25) is 0 Å². The van der Waals surface area contributed by atoms with Crippen molar-refractivity contribution >= 4 is 17.6 Å². The largest absolute Gasteiger partial charge is 0.481 e. The van der Waals surface area contributed by atoms with Crippen LogP contribution in [-0.4, -0.2) is 30.1 Å². The Morgan fingerprint density at radius 3 is 3.00 bits per heavy atom. The van der Waals surface area contributed by atoms with Crippen LogP contribution in [0.2, 0.25) is 0 Å². The number of halogens is 1. The molecule has 0 radical (unpaired) electrons. The van der Waals surface area contributed by atoms with Crippen molar-refractivity contribution < 1.29 is 23.8 Å². The smallest absolute Gasteiger partial charge is 0.305 e. The number of carbonyl (C=O) groups excluding carboxylic acids is 1. The first-order valence-corrected chi connectivity index (χ1v) is 5.02. The van der Waals surface area contributed by atoms with Crippen LogP contribution in [0.4, 0.5) is 10.1 Å². The van der Waals surface area contributed by atoms with Crippen molar-refractivity contribution in [1.82, 2.24) is 0 Å². The minimum absolute atomic E-state index is 0.0517. The second-order valence-electron chi connectivity index (χ2n) is 3.59. The summed E-state index contributed by atoms with van der Waals surface area (Å²) < 4.78 is 18.0. The van der Waals surface area contributed by atoms with E-state index >= 15 is 0 Å². The molecule has 0 bridgehead atoms. The van der Waals surface area contributed by atoms with Crippen LogP contribution >= 0.6 is 0 Å². The highest BCUT2D eigenvalue weighted by Crippen LogP contribution is 2.32. The van der Waals surface area contributed by atoms with Crippen LogP contribution in [0, 0.1) is 5.82 Å². The summed E-state index contributed by atoms with van der Waals surface area (Å²) in [6, 6.07) is 3.79. The number of amides is 1. The van der Waals surface area contributed by atoms with Gasteiger partial charge >= 0.3 is 5.97 Å². The predicted octanol–water partition coefficient (Wildman–Crippen LogP) is 1.03. The molecule has 1 heterocycles. The van der Waals surface area contributed by atoms with Gasteiger partial charge in [-0.2, -0.15) is 0 Å². The minimum atomic E-state index is -0.993. The lowest BCUT2D eigenvalue weighted by Gasteiger charge is -2.28. The van der Waals surface area contributed by atoms with E-state index in [0.29, 0.717) is 5.69 Å². The number of aliphatic carboxylic acids is 1. The fourth-order valence-corrected chi connectivity index (χ4v) is 1.63. The molecule has 0 unspecified atom stereocenters. The highest BCUT2D eigenvalue weighted by atomic mass is 19.1. The van der Waals surface area contributed by atoms with Gasteiger partial charge in [0.05, 0.1) is 12.1 Å². The molecule has 17 heavy (non-hydrogen) atoms. The molecule has 1 N–H and O–H groups in total. The van der Waals surface area contributed by atoms with Gasteiger partial charge in [-0.05, 0) is 12.1 Å². The number of hydrogen-bond acceptors (Lipinski definition) is 3. The molecule has 90 valence electrons. The third-order valence-electron chi connectivity index (χ3n) is 2.41. The molecule has 0 fully saturated rings. The van der Waals surface area contributed by atoms with Crippen molar-refractivity contribution in [3.63, 3.8) is 0 Å². The highest BCUT2D eigenvalue weighted by Gasteiger charge is 2.25. The fourth-order valence-electron chi connectivity index (χ4n) is 1.63. The summed E-state index contributed by atoms with van der Waals surface area (Å²) in [4.78, 5) is 23.4. The van der Waals surface area contributed by atoms with Crippen molar-refractivity contribution in [2.24, 2.45) is 0 Å². The van der Waals surface area contributed by atoms with Crippen LogP contribution in [0.5, 0.6) is 5.75 Å². The van der Waals surface area contributed by atoms with Crippen LogP contribution in [0.3, 0.4) is 0 Å². The summed E-state index contributed by atoms with van der Waals surface area (Å²) in [5.74, 6) is -1.52. The summed E-state index contributed by atoms with van der Waals surface area (Å²) in [5, 5.41) is 8.59. The molecule has 1 aromatic carbocycles. The summed E-state index contributed by atoms with van der Waals surface area (Å²) in [7, 11) is 0. The van der Waals surface area contributed by atoms with E-state index in [9.17, 15) is 14.0 Å². The van der Waals surface area contributed by atoms with Gasteiger partial charge < -0.3 is 14.7 Å². The van der Waals surface area contributed by atoms with E-state index in [4.69, 9.17) is 9.84 Å². The predicted molar refractivity (Wildman–Crippen MR) is 56.5 cm³/mol. The maximum absolute atomic E-state index is 13.0. The first-order chi connectivity index (χ1) is 8.08. The molecule has 0 aliphatic carbocycles. The number of carbonyl (C=O) groups is 2. The van der Waals surface area contributed by atoms with Gasteiger partial charge in [-0.25, -0.2) is 4.39 Å². The average molecular weight is 239 g/mol. The second kappa shape index (κ2) is 4.40. The van der Waals surface area contributed by atoms with Crippen LogP contribution in [-0.2, 0) is 9.59 Å². The Kier molecular flexibility index (Phi) is 2.95. The average Bonchev–Trinajstić information content (AvgIpc) is 2.27. The summed E-state index contributed by atoms with van der Waals surface area (Å²) >= 11 is 0. The zero-order chi connectivity index (χ0) is 12.4. The molecule has 0 aromatic heterocycles. The molecule has 1 aliphatic rings. The molecule has 1 amide bonds. The number of fused-ring (bicyclic) bond motifs is 1. The maximum atomic E-state index is 13.0. The Morgan fingerprint density at radius 2 is 2.29 bits per heavy atom. The molecule has 1 aliphatic heterocycles. The number of benzene rings is 1. The minimum Gasteiger partial charge on any atom is -0.481 e. The second-order valence-corrected chi connectivity index (χ2v) is 3.59. The molecular formula is C11H10FNO4. The fraction of sp³-hybridized carbons (Fsp3) is 0.273. The van der Waals surface area contributed by atoms with Gasteiger partial charge in [0.15, 0.2) is 6.61 Å². The van der Waals surface area contributed by atoms with Crippen LogP contribution in [0.25, 0.3) is 0 Å². The first-order valence-electron chi connectivity index (χ1n) is 5.02. The number of carboxylic acids is 1. The lowest BCUT2D eigenvalue weighted by atomic mass is 10.2. The van der Waals surface area contributed by atoms with Crippen molar-refractivity contribution in [1.29, 1.82) is 0 Å². The number of ether oxygens (including phenoxy) is 1. The van der Waals surface area contributed by atoms with Gasteiger partial charge in [-0.1, -0.05) is 0 Å². The monoisotopic (exact) mass is 239 g/mol. The quantitative estimate of drug-likeness (QED) is 0.855. The number of hydrogen-bond donors (Lipinski definition) is 1. The summed E-state index contributed by atoms with van der Waals surface area (Å²) in [6.07, 6.45) is -0.164. The Morgan fingerprint density at radius 1 is 1.53 bits per heavy atom. The summed E-state index contributed by atoms with van der Waals surface area (Å²) in [5.41, 5.74) is 0.406. The third-order valence-corrected chi connectivity index (χ3v) is 2.41. The molecule has 0 saturated heterocycles. The van der Waals surface area contributed by atoms with Gasteiger partial charge in [0, 0.05) is 12.6 Å². The Balaban J connectivity index is 2.27. The van der Waals surface area contributed by atoms with Crippen LogP contribution in [0.15, 0.2) is 18.2 Å². The maximum Gasteiger partial charge on any atom is 0.305 e. The number of nitrogens with zero attached hydrogens (tertiary/aromatic N) is 1. The third kappa shape index (κ3) is 2.35. The van der Waals surface area contributed by atoms with E-state index in [1.165, 1.54) is 23.1 Å². The first kappa shape index (κ1) is 11.4. The zero-order valence-corrected chi connectivity index (χ0v) is 8.85. The SMILES string of the molecule is O=C(O)CCN1C(=O)COc2cc(F)ccc21. The molecule has 0 spiro atoms. The van der Waals surface area contributed by atoms with Gasteiger partial charge in [-0.15, -0.1) is 0 Å². The standard InChI is InChI=1S/C11H10FNO4/c12-7-1-2-8-9(5-7)17-6-10(14)13(8)4-3-11(15)16/h1-2,5H,3-4,6H2,(H,15,16). The molecule has 2 rings (SSSR count). The Bertz CT molecular complexity index is 475. The summed E-state index contributed by atoms with van der Waals surface area (Å²) in [6.45, 7) is -0.147. The highest BCUT2D eigenvalue weighted by molar-refractivity contribution is 5.98. The lowest BCUT2D eigenvalue weighted by molar-refractivity contribution is -0.136. The molecule has 1 aromatic rings. The number of anilines is 1. The molecule has 5 nitrogen and oxygen atoms in total. The molecule has 6 heteroatoms. The van der Waals surface area contributed by atoms with E-state index in [2.05, 4.69) is 0 Å². The molecule has 0 atom stereocenters. The van der Waals surface area contributed by atoms with Crippen LogP contribution < -0.4 is 9.64 Å². The Hall–Kier alpha value is -2.11. The normalized spacial score (nSPS) is 14.2. The topological polar surface area (TPSA) is 66.8 Å². The molecule has 0 saturated carbocycles. The van der Waals surface area contributed by atoms with Gasteiger partial charge in [-0.3, -0.25) is 9.59 Å². The number of rotatable bonds is 3. The van der Waals surface area contributed by atoms with Crippen molar-refractivity contribution in [2.45, 2.75) is 6.42 Å². The van der Waals surface area contributed by atoms with Crippen molar-refractivity contribution in [2.75, 3.05) is 18.1 Å². The van der Waals surface area contributed by atoms with E-state index in [-0.39, 0.29) is 31.2 Å². The van der Waals surface area contributed by atoms with E-state index in [1.54, 1.807) is 0 Å². The van der Waals surface area contributed by atoms with E-state index < -0.39 is 11.8 Å². The van der Waals surface area contributed by atoms with Gasteiger partial charge in [0.1, 0.15) is 11.6 Å². The lowest BCUT2D eigenvalue weighted by Crippen LogP contribution is -2.40. The Labute approximate surface area is 96.4 Å². The van der Waals surface area contributed by atoms with Crippen molar-refractivity contribution in [3.8, 4) is 5.75 Å². The number of carboxylic acid groups (broad SMARTS) is 1. The van der Waals surface area contributed by atoms with Crippen molar-refractivity contribution in [3.05, 3.63) is 24.0 Å². The van der Waals surface area contributed by atoms with E-state index in [1.807, 2.05) is 0 Å². The zero-order valence-electron chi connectivity index (χ0n) is 8.85.